The van der Waals surface area contributed by atoms with Crippen molar-refractivity contribution in [2.24, 2.45) is 5.10 Å². The lowest BCUT2D eigenvalue weighted by Gasteiger charge is -2.14. The normalized spacial score (nSPS) is 13.8. The molecule has 0 atom stereocenters. The van der Waals surface area contributed by atoms with Gasteiger partial charge in [0.15, 0.2) is 5.84 Å². The summed E-state index contributed by atoms with van der Waals surface area (Å²) in [6, 6.07) is 10.3. The van der Waals surface area contributed by atoms with Crippen LogP contribution in [0.2, 0.25) is 5.02 Å². The molecular weight excluding hydrogens is 420 g/mol. The first-order valence-electron chi connectivity index (χ1n) is 6.48. The molecule has 3 rings (SSSR count). The van der Waals surface area contributed by atoms with Crippen LogP contribution in [0.25, 0.3) is 0 Å². The highest BCUT2D eigenvalue weighted by Gasteiger charge is 2.21. The van der Waals surface area contributed by atoms with Gasteiger partial charge in [-0.15, -0.1) is 0 Å². The lowest BCUT2D eigenvalue weighted by atomic mass is 10.2. The number of benzene rings is 2. The number of nitrogens with zero attached hydrogens (tertiary/aromatic N) is 2. The molecule has 0 saturated heterocycles. The SMILES string of the molecule is COc1cc(N2CNC(c3c(F)cccc3Cl)=N2)ccc1I. The van der Waals surface area contributed by atoms with Crippen LogP contribution in [0.5, 0.6) is 5.75 Å². The van der Waals surface area contributed by atoms with Crippen molar-refractivity contribution in [1.29, 1.82) is 0 Å². The summed E-state index contributed by atoms with van der Waals surface area (Å²) in [6.45, 7) is 0.434. The molecule has 1 aliphatic rings. The zero-order chi connectivity index (χ0) is 15.7. The largest absolute Gasteiger partial charge is 0.496 e. The van der Waals surface area contributed by atoms with E-state index in [1.807, 2.05) is 18.2 Å². The lowest BCUT2D eigenvalue weighted by molar-refractivity contribution is 0.412. The molecule has 0 unspecified atom stereocenters. The third-order valence-corrected chi connectivity index (χ3v) is 4.46. The van der Waals surface area contributed by atoms with Gasteiger partial charge >= 0.3 is 0 Å². The van der Waals surface area contributed by atoms with Gasteiger partial charge in [-0.2, -0.15) is 5.10 Å². The van der Waals surface area contributed by atoms with Crippen LogP contribution in [0.4, 0.5) is 10.1 Å². The zero-order valence-corrected chi connectivity index (χ0v) is 14.5. The van der Waals surface area contributed by atoms with Gasteiger partial charge in [-0.3, -0.25) is 0 Å². The maximum Gasteiger partial charge on any atom is 0.159 e. The minimum absolute atomic E-state index is 0.282. The average Bonchev–Trinajstić information content (AvgIpc) is 2.97. The van der Waals surface area contributed by atoms with Crippen molar-refractivity contribution in [1.82, 2.24) is 5.32 Å². The highest BCUT2D eigenvalue weighted by Crippen LogP contribution is 2.28. The molecule has 0 saturated carbocycles. The highest BCUT2D eigenvalue weighted by molar-refractivity contribution is 14.1. The maximum atomic E-state index is 14.0. The number of halogens is 3. The minimum atomic E-state index is -0.402. The van der Waals surface area contributed by atoms with E-state index in [4.69, 9.17) is 16.3 Å². The number of rotatable bonds is 3. The molecule has 2 aromatic carbocycles. The van der Waals surface area contributed by atoms with Crippen LogP contribution in [-0.2, 0) is 0 Å². The number of methoxy groups -OCH3 is 1. The molecule has 0 aliphatic carbocycles. The van der Waals surface area contributed by atoms with Crippen LogP contribution in [0.3, 0.4) is 0 Å². The van der Waals surface area contributed by atoms with Gasteiger partial charge in [-0.05, 0) is 46.9 Å². The summed E-state index contributed by atoms with van der Waals surface area (Å²) < 4.78 is 20.3. The Balaban J connectivity index is 1.95. The van der Waals surface area contributed by atoms with E-state index in [1.165, 1.54) is 6.07 Å². The molecule has 0 bridgehead atoms. The van der Waals surface area contributed by atoms with E-state index < -0.39 is 5.82 Å². The Hall–Kier alpha value is -1.54. The van der Waals surface area contributed by atoms with Crippen molar-refractivity contribution < 1.29 is 9.13 Å². The number of amidine groups is 1. The fourth-order valence-electron chi connectivity index (χ4n) is 2.16. The lowest BCUT2D eigenvalue weighted by Crippen LogP contribution is -2.25. The molecule has 1 heterocycles. The van der Waals surface area contributed by atoms with Crippen LogP contribution in [0.1, 0.15) is 5.56 Å². The van der Waals surface area contributed by atoms with Gasteiger partial charge in [-0.1, -0.05) is 17.7 Å². The summed E-state index contributed by atoms with van der Waals surface area (Å²) in [7, 11) is 1.62. The zero-order valence-electron chi connectivity index (χ0n) is 11.6. The van der Waals surface area contributed by atoms with Crippen LogP contribution in [0, 0.1) is 9.39 Å². The van der Waals surface area contributed by atoms with E-state index in [0.717, 1.165) is 15.0 Å². The van der Waals surface area contributed by atoms with Gasteiger partial charge in [0.1, 0.15) is 18.2 Å². The fourth-order valence-corrected chi connectivity index (χ4v) is 2.97. The Kier molecular flexibility index (Phi) is 4.39. The molecule has 0 amide bonds. The van der Waals surface area contributed by atoms with E-state index >= 15 is 0 Å². The first-order chi connectivity index (χ1) is 10.6. The van der Waals surface area contributed by atoms with Crippen molar-refractivity contribution in [3.63, 3.8) is 0 Å². The summed E-state index contributed by atoms with van der Waals surface area (Å²) >= 11 is 8.27. The Morgan fingerprint density at radius 2 is 2.18 bits per heavy atom. The van der Waals surface area contributed by atoms with Crippen molar-refractivity contribution in [2.75, 3.05) is 18.8 Å². The van der Waals surface area contributed by atoms with Crippen molar-refractivity contribution in [3.05, 3.63) is 56.4 Å². The Bertz CT molecular complexity index is 733. The van der Waals surface area contributed by atoms with Gasteiger partial charge in [0.25, 0.3) is 0 Å². The van der Waals surface area contributed by atoms with Gasteiger partial charge in [0.05, 0.1) is 27.0 Å². The third kappa shape index (κ3) is 2.85. The standard InChI is InChI=1S/C15H12ClFIN3O/c1-22-13-7-9(5-6-12(13)18)21-8-19-15(20-21)14-10(16)3-2-4-11(14)17/h2-7H,8H2,1H3,(H,19,20). The molecule has 0 aromatic heterocycles. The first kappa shape index (κ1) is 15.4. The topological polar surface area (TPSA) is 36.9 Å². The van der Waals surface area contributed by atoms with Gasteiger partial charge in [0, 0.05) is 6.07 Å². The minimum Gasteiger partial charge on any atom is -0.496 e. The van der Waals surface area contributed by atoms with Gasteiger partial charge in [0.2, 0.25) is 0 Å². The summed E-state index contributed by atoms with van der Waals surface area (Å²) in [5, 5.41) is 9.54. The Morgan fingerprint density at radius 1 is 1.36 bits per heavy atom. The van der Waals surface area contributed by atoms with Crippen LogP contribution < -0.4 is 15.1 Å². The third-order valence-electron chi connectivity index (χ3n) is 3.25. The number of anilines is 1. The molecular formula is C15H12ClFIN3O. The predicted molar refractivity (Wildman–Crippen MR) is 94.1 cm³/mol. The van der Waals surface area contributed by atoms with Crippen molar-refractivity contribution in [3.8, 4) is 5.75 Å². The van der Waals surface area contributed by atoms with Crippen molar-refractivity contribution >= 4 is 45.7 Å². The monoisotopic (exact) mass is 431 g/mol. The highest BCUT2D eigenvalue weighted by atomic mass is 127. The van der Waals surface area contributed by atoms with E-state index in [1.54, 1.807) is 24.3 Å². The second kappa shape index (κ2) is 6.29. The average molecular weight is 432 g/mol. The molecule has 2 aromatic rings. The molecule has 4 nitrogen and oxygen atoms in total. The first-order valence-corrected chi connectivity index (χ1v) is 7.94. The molecule has 0 radical (unpaired) electrons. The van der Waals surface area contributed by atoms with E-state index in [9.17, 15) is 4.39 Å². The molecule has 7 heteroatoms. The van der Waals surface area contributed by atoms with E-state index in [-0.39, 0.29) is 5.56 Å². The van der Waals surface area contributed by atoms with Gasteiger partial charge < -0.3 is 10.1 Å². The quantitative estimate of drug-likeness (QED) is 0.751. The number of hydrogen-bond acceptors (Lipinski definition) is 4. The Labute approximate surface area is 146 Å². The summed E-state index contributed by atoms with van der Waals surface area (Å²) in [6.07, 6.45) is 0. The molecule has 1 N–H and O–H groups in total. The van der Waals surface area contributed by atoms with Crippen LogP contribution >= 0.6 is 34.2 Å². The van der Waals surface area contributed by atoms with E-state index in [0.29, 0.717) is 17.5 Å². The summed E-state index contributed by atoms with van der Waals surface area (Å²) in [5.41, 5.74) is 1.14. The predicted octanol–water partition coefficient (Wildman–Crippen LogP) is 3.82. The summed E-state index contributed by atoms with van der Waals surface area (Å²) in [4.78, 5) is 0. The van der Waals surface area contributed by atoms with Crippen LogP contribution in [0.15, 0.2) is 41.5 Å². The van der Waals surface area contributed by atoms with Crippen LogP contribution in [-0.4, -0.2) is 19.6 Å². The summed E-state index contributed by atoms with van der Waals surface area (Å²) in [5.74, 6) is 0.784. The second-order valence-electron chi connectivity index (χ2n) is 4.60. The maximum absolute atomic E-state index is 14.0. The van der Waals surface area contributed by atoms with E-state index in [2.05, 4.69) is 33.0 Å². The van der Waals surface area contributed by atoms with Gasteiger partial charge in [-0.25, -0.2) is 9.40 Å². The fraction of sp³-hybridized carbons (Fsp3) is 0.133. The molecule has 22 heavy (non-hydrogen) atoms. The van der Waals surface area contributed by atoms with Crippen molar-refractivity contribution in [2.45, 2.75) is 0 Å². The number of hydrogen-bond donors (Lipinski definition) is 1. The molecule has 1 aliphatic heterocycles. The molecule has 0 fully saturated rings. The number of hydrazone groups is 1. The number of nitrogens with one attached hydrogen (secondary N) is 1. The molecule has 114 valence electrons. The second-order valence-corrected chi connectivity index (χ2v) is 6.17. The Morgan fingerprint density at radius 3 is 2.91 bits per heavy atom. The smallest absolute Gasteiger partial charge is 0.159 e. The molecule has 0 spiro atoms. The number of ether oxygens (including phenoxy) is 1.